The van der Waals surface area contributed by atoms with Crippen LogP contribution in [0.15, 0.2) is 60.2 Å². The maximum atomic E-state index is 13.5. The van der Waals surface area contributed by atoms with E-state index >= 15 is 0 Å². The molecule has 0 radical (unpaired) electrons. The van der Waals surface area contributed by atoms with Gasteiger partial charge in [-0.25, -0.2) is 0 Å². The summed E-state index contributed by atoms with van der Waals surface area (Å²) >= 11 is 0. The minimum absolute atomic E-state index is 0.0749. The third-order valence-electron chi connectivity index (χ3n) is 6.48. The number of methoxy groups -OCH3 is 2. The second-order valence-corrected chi connectivity index (χ2v) is 9.24. The average Bonchev–Trinajstić information content (AvgIpc) is 2.76. The lowest BCUT2D eigenvalue weighted by Crippen LogP contribution is -2.32. The second kappa shape index (κ2) is 7.16. The average molecular weight is 414 g/mol. The van der Waals surface area contributed by atoms with Gasteiger partial charge in [-0.05, 0) is 51.9 Å². The molecule has 1 N–H and O–H groups in total. The van der Waals surface area contributed by atoms with Gasteiger partial charge in [-0.15, -0.1) is 0 Å². The van der Waals surface area contributed by atoms with E-state index in [9.17, 15) is 4.79 Å². The number of rotatable bonds is 3. The summed E-state index contributed by atoms with van der Waals surface area (Å²) in [6, 6.07) is 18.4. The monoisotopic (exact) mass is 413 g/mol. The largest absolute Gasteiger partial charge is 0.493 e. The van der Waals surface area contributed by atoms with Crippen molar-refractivity contribution >= 4 is 27.8 Å². The number of carbonyl (C=O) groups is 1. The number of benzene rings is 3. The zero-order valence-corrected chi connectivity index (χ0v) is 18.4. The van der Waals surface area contributed by atoms with Gasteiger partial charge < -0.3 is 14.8 Å². The van der Waals surface area contributed by atoms with E-state index in [4.69, 9.17) is 9.47 Å². The minimum Gasteiger partial charge on any atom is -0.493 e. The minimum atomic E-state index is -0.0907. The van der Waals surface area contributed by atoms with Gasteiger partial charge in [0.25, 0.3) is 0 Å². The zero-order chi connectivity index (χ0) is 21.8. The normalized spacial score (nSPS) is 19.5. The Hall–Kier alpha value is -3.27. The quantitative estimate of drug-likeness (QED) is 0.558. The molecule has 2 aliphatic rings. The summed E-state index contributed by atoms with van der Waals surface area (Å²) in [5.41, 5.74) is 5.10. The molecule has 0 saturated heterocycles. The van der Waals surface area contributed by atoms with Crippen molar-refractivity contribution < 1.29 is 14.3 Å². The Morgan fingerprint density at radius 1 is 0.935 bits per heavy atom. The second-order valence-electron chi connectivity index (χ2n) is 9.24. The zero-order valence-electron chi connectivity index (χ0n) is 18.4. The molecule has 1 aliphatic heterocycles. The molecule has 5 rings (SSSR count). The fraction of sp³-hybridized carbons (Fsp3) is 0.296. The number of fused-ring (bicyclic) bond motifs is 4. The van der Waals surface area contributed by atoms with E-state index in [0.29, 0.717) is 17.9 Å². The number of ether oxygens (including phenoxy) is 2. The topological polar surface area (TPSA) is 47.6 Å². The first-order chi connectivity index (χ1) is 14.9. The van der Waals surface area contributed by atoms with E-state index < -0.39 is 0 Å². The summed E-state index contributed by atoms with van der Waals surface area (Å²) in [6.45, 7) is 4.36. The number of Topliss-reactive ketones (excluding diaryl/α,β-unsaturated/α-hetero) is 1. The third-order valence-corrected chi connectivity index (χ3v) is 6.48. The van der Waals surface area contributed by atoms with Gasteiger partial charge in [0, 0.05) is 23.2 Å². The first-order valence-electron chi connectivity index (χ1n) is 10.7. The Bertz CT molecular complexity index is 1240. The van der Waals surface area contributed by atoms with E-state index in [-0.39, 0.29) is 17.2 Å². The molecule has 1 heterocycles. The van der Waals surface area contributed by atoms with Gasteiger partial charge in [-0.2, -0.15) is 0 Å². The molecule has 3 aromatic rings. The third kappa shape index (κ3) is 3.18. The molecule has 31 heavy (non-hydrogen) atoms. The number of nitrogens with one attached hydrogen (secondary N) is 1. The van der Waals surface area contributed by atoms with Crippen LogP contribution < -0.4 is 14.8 Å². The molecule has 158 valence electrons. The summed E-state index contributed by atoms with van der Waals surface area (Å²) in [7, 11) is 3.29. The molecule has 0 fully saturated rings. The highest BCUT2D eigenvalue weighted by molar-refractivity contribution is 6.28. The summed E-state index contributed by atoms with van der Waals surface area (Å²) in [5.74, 6) is 1.62. The van der Waals surface area contributed by atoms with Crippen molar-refractivity contribution in [3.05, 3.63) is 71.3 Å². The van der Waals surface area contributed by atoms with E-state index in [2.05, 4.69) is 49.5 Å². The fourth-order valence-corrected chi connectivity index (χ4v) is 5.14. The maximum absolute atomic E-state index is 13.5. The van der Waals surface area contributed by atoms with Crippen LogP contribution in [-0.4, -0.2) is 20.0 Å². The summed E-state index contributed by atoms with van der Waals surface area (Å²) in [6.07, 6.45) is 1.43. The first-order valence-corrected chi connectivity index (χ1v) is 10.7. The smallest absolute Gasteiger partial charge is 0.164 e. The molecular weight excluding hydrogens is 386 g/mol. The van der Waals surface area contributed by atoms with Crippen LogP contribution >= 0.6 is 0 Å². The number of carbonyl (C=O) groups excluding carboxylic acids is 1. The predicted octanol–water partition coefficient (Wildman–Crippen LogP) is 6.17. The van der Waals surface area contributed by atoms with Crippen LogP contribution in [-0.2, 0) is 4.79 Å². The van der Waals surface area contributed by atoms with Gasteiger partial charge in [-0.1, -0.05) is 50.2 Å². The van der Waals surface area contributed by atoms with Gasteiger partial charge >= 0.3 is 0 Å². The Morgan fingerprint density at radius 2 is 1.71 bits per heavy atom. The number of allylic oxidation sites excluding steroid dienone is 1. The molecule has 0 saturated carbocycles. The van der Waals surface area contributed by atoms with E-state index in [1.807, 2.05) is 24.3 Å². The number of hydrogen-bond acceptors (Lipinski definition) is 4. The molecule has 0 spiro atoms. The van der Waals surface area contributed by atoms with Crippen molar-refractivity contribution in [1.29, 1.82) is 0 Å². The van der Waals surface area contributed by atoms with E-state index in [1.54, 1.807) is 14.2 Å². The molecule has 4 nitrogen and oxygen atoms in total. The Labute approximate surface area is 182 Å². The predicted molar refractivity (Wildman–Crippen MR) is 125 cm³/mol. The van der Waals surface area contributed by atoms with Crippen LogP contribution in [0.25, 0.3) is 16.3 Å². The van der Waals surface area contributed by atoms with Crippen LogP contribution in [0.3, 0.4) is 0 Å². The van der Waals surface area contributed by atoms with E-state index in [1.165, 1.54) is 0 Å². The number of anilines is 1. The lowest BCUT2D eigenvalue weighted by atomic mass is 9.68. The van der Waals surface area contributed by atoms with Gasteiger partial charge in [0.1, 0.15) is 0 Å². The van der Waals surface area contributed by atoms with Crippen LogP contribution in [0.5, 0.6) is 11.5 Å². The van der Waals surface area contributed by atoms with Crippen molar-refractivity contribution in [2.75, 3.05) is 19.5 Å². The molecule has 3 aromatic carbocycles. The molecule has 0 amide bonds. The SMILES string of the molecule is COc1ccc([C@@H]2Nc3ccc4ccccc4c3C3=C2CC(C)(C)CC3=O)cc1OC. The van der Waals surface area contributed by atoms with Crippen molar-refractivity contribution in [2.45, 2.75) is 32.7 Å². The molecule has 4 heteroatoms. The molecule has 0 unspecified atom stereocenters. The molecule has 0 bridgehead atoms. The highest BCUT2D eigenvalue weighted by Crippen LogP contribution is 2.52. The Kier molecular flexibility index (Phi) is 4.54. The van der Waals surface area contributed by atoms with Crippen molar-refractivity contribution in [3.63, 3.8) is 0 Å². The van der Waals surface area contributed by atoms with Crippen LogP contribution in [0.4, 0.5) is 5.69 Å². The lowest BCUT2D eigenvalue weighted by molar-refractivity contribution is -0.116. The highest BCUT2D eigenvalue weighted by Gasteiger charge is 2.40. The Morgan fingerprint density at radius 3 is 2.48 bits per heavy atom. The Balaban J connectivity index is 1.76. The summed E-state index contributed by atoms with van der Waals surface area (Å²) < 4.78 is 11.0. The van der Waals surface area contributed by atoms with Gasteiger partial charge in [0.15, 0.2) is 17.3 Å². The van der Waals surface area contributed by atoms with E-state index in [0.717, 1.165) is 45.2 Å². The first kappa shape index (κ1) is 19.7. The van der Waals surface area contributed by atoms with Gasteiger partial charge in [-0.3, -0.25) is 4.79 Å². The van der Waals surface area contributed by atoms with Crippen LogP contribution in [0, 0.1) is 5.41 Å². The molecule has 1 atom stereocenters. The maximum Gasteiger partial charge on any atom is 0.164 e. The highest BCUT2D eigenvalue weighted by atomic mass is 16.5. The van der Waals surface area contributed by atoms with Crippen LogP contribution in [0.1, 0.15) is 43.9 Å². The van der Waals surface area contributed by atoms with Crippen molar-refractivity contribution in [2.24, 2.45) is 5.41 Å². The molecular formula is C27H27NO3. The number of ketones is 1. The van der Waals surface area contributed by atoms with Gasteiger partial charge in [0.05, 0.1) is 20.3 Å². The fourth-order valence-electron chi connectivity index (χ4n) is 5.14. The summed E-state index contributed by atoms with van der Waals surface area (Å²) in [5, 5.41) is 6.02. The van der Waals surface area contributed by atoms with Gasteiger partial charge in [0.2, 0.25) is 0 Å². The molecule has 1 aliphatic carbocycles. The van der Waals surface area contributed by atoms with Crippen molar-refractivity contribution in [3.8, 4) is 11.5 Å². The van der Waals surface area contributed by atoms with Crippen LogP contribution in [0.2, 0.25) is 0 Å². The summed E-state index contributed by atoms with van der Waals surface area (Å²) in [4.78, 5) is 13.5. The van der Waals surface area contributed by atoms with Crippen molar-refractivity contribution in [1.82, 2.24) is 0 Å². The standard InChI is InChI=1S/C27H27NO3/c1-27(2)14-19-25(21(29)15-27)24-18-8-6-5-7-16(18)9-11-20(24)28-26(19)17-10-12-22(30-3)23(13-17)31-4/h5-13,26,28H,14-15H2,1-4H3/t26-/m0/s1. The molecule has 0 aromatic heterocycles. The number of hydrogen-bond donors (Lipinski definition) is 1. The lowest BCUT2D eigenvalue weighted by Gasteiger charge is -2.40.